The summed E-state index contributed by atoms with van der Waals surface area (Å²) in [6.07, 6.45) is 3.11. The molecule has 0 N–H and O–H groups in total. The van der Waals surface area contributed by atoms with Crippen molar-refractivity contribution in [3.8, 4) is 11.5 Å². The summed E-state index contributed by atoms with van der Waals surface area (Å²) >= 11 is 0. The smallest absolute Gasteiger partial charge is 0.255 e. The monoisotopic (exact) mass is 391 g/mol. The van der Waals surface area contributed by atoms with Crippen molar-refractivity contribution in [1.29, 1.82) is 0 Å². The Kier molecular flexibility index (Phi) is 5.62. The second-order valence-corrected chi connectivity index (χ2v) is 7.86. The van der Waals surface area contributed by atoms with E-state index in [1.807, 2.05) is 0 Å². The first-order chi connectivity index (χ1) is 13.0. The van der Waals surface area contributed by atoms with Gasteiger partial charge in [-0.05, 0) is 24.3 Å². The number of aromatic nitrogens is 1. The minimum atomic E-state index is -3.77. The summed E-state index contributed by atoms with van der Waals surface area (Å²) in [5, 5.41) is 0. The average Bonchev–Trinajstić information content (AvgIpc) is 2.73. The Bertz CT molecular complexity index is 910. The second-order valence-electron chi connectivity index (χ2n) is 5.95. The number of sulfonamides is 1. The fourth-order valence-corrected chi connectivity index (χ4v) is 4.52. The Morgan fingerprint density at radius 1 is 1.07 bits per heavy atom. The minimum Gasteiger partial charge on any atom is -0.497 e. The normalized spacial score (nSPS) is 15.4. The summed E-state index contributed by atoms with van der Waals surface area (Å²) in [4.78, 5) is 18.1. The first-order valence-electron chi connectivity index (χ1n) is 8.39. The van der Waals surface area contributed by atoms with E-state index in [9.17, 15) is 13.2 Å². The van der Waals surface area contributed by atoms with E-state index in [0.29, 0.717) is 24.4 Å². The van der Waals surface area contributed by atoms with Crippen LogP contribution in [0.25, 0.3) is 0 Å². The van der Waals surface area contributed by atoms with Crippen LogP contribution in [0.5, 0.6) is 11.5 Å². The number of hydrogen-bond acceptors (Lipinski definition) is 6. The Labute approximate surface area is 158 Å². The van der Waals surface area contributed by atoms with Crippen molar-refractivity contribution in [2.75, 3.05) is 40.4 Å². The van der Waals surface area contributed by atoms with Gasteiger partial charge in [-0.15, -0.1) is 0 Å². The molecule has 1 aliphatic heterocycles. The standard InChI is InChI=1S/C18H21N3O5S/c1-25-15-5-6-16(26-2)17(12-15)27(23,24)21-10-8-20(9-11-21)18(22)14-4-3-7-19-13-14/h3-7,12-13H,8-11H2,1-2H3. The van der Waals surface area contributed by atoms with E-state index in [1.54, 1.807) is 35.4 Å². The predicted octanol–water partition coefficient (Wildman–Crippen LogP) is 1.25. The van der Waals surface area contributed by atoms with Gasteiger partial charge in [0.25, 0.3) is 5.91 Å². The Balaban J connectivity index is 1.76. The number of carbonyl (C=O) groups excluding carboxylic acids is 1. The quantitative estimate of drug-likeness (QED) is 0.762. The zero-order valence-corrected chi connectivity index (χ0v) is 16.0. The number of methoxy groups -OCH3 is 2. The van der Waals surface area contributed by atoms with Gasteiger partial charge in [0.15, 0.2) is 0 Å². The molecule has 0 bridgehead atoms. The molecule has 8 nitrogen and oxygen atoms in total. The van der Waals surface area contributed by atoms with Crippen LogP contribution in [0, 0.1) is 0 Å². The lowest BCUT2D eigenvalue weighted by Gasteiger charge is -2.34. The van der Waals surface area contributed by atoms with Gasteiger partial charge in [-0.1, -0.05) is 0 Å². The Morgan fingerprint density at radius 2 is 1.81 bits per heavy atom. The molecule has 0 aliphatic carbocycles. The SMILES string of the molecule is COc1ccc(OC)c(S(=O)(=O)N2CCN(C(=O)c3cccnc3)CC2)c1. The number of rotatable bonds is 5. The van der Waals surface area contributed by atoms with Crippen molar-refractivity contribution in [3.63, 3.8) is 0 Å². The Hall–Kier alpha value is -2.65. The first-order valence-corrected chi connectivity index (χ1v) is 9.83. The zero-order valence-electron chi connectivity index (χ0n) is 15.2. The van der Waals surface area contributed by atoms with E-state index in [2.05, 4.69) is 4.98 Å². The molecule has 1 amide bonds. The molecule has 1 saturated heterocycles. The largest absolute Gasteiger partial charge is 0.497 e. The van der Waals surface area contributed by atoms with Gasteiger partial charge in [0.2, 0.25) is 10.0 Å². The molecule has 2 heterocycles. The zero-order chi connectivity index (χ0) is 19.4. The molecule has 9 heteroatoms. The molecule has 1 fully saturated rings. The number of piperazine rings is 1. The maximum atomic E-state index is 13.1. The summed E-state index contributed by atoms with van der Waals surface area (Å²) in [5.74, 6) is 0.531. The highest BCUT2D eigenvalue weighted by Crippen LogP contribution is 2.31. The third-order valence-electron chi connectivity index (χ3n) is 4.42. The summed E-state index contributed by atoms with van der Waals surface area (Å²) in [7, 11) is -0.878. The van der Waals surface area contributed by atoms with Gasteiger partial charge >= 0.3 is 0 Å². The molecule has 0 spiro atoms. The number of carbonyl (C=O) groups is 1. The van der Waals surface area contributed by atoms with Crippen molar-refractivity contribution < 1.29 is 22.7 Å². The van der Waals surface area contributed by atoms with E-state index in [1.165, 1.54) is 30.8 Å². The highest BCUT2D eigenvalue weighted by molar-refractivity contribution is 7.89. The third-order valence-corrected chi connectivity index (χ3v) is 6.34. The van der Waals surface area contributed by atoms with E-state index in [0.717, 1.165) is 0 Å². The van der Waals surface area contributed by atoms with Gasteiger partial charge in [-0.2, -0.15) is 4.31 Å². The van der Waals surface area contributed by atoms with Crippen LogP contribution in [-0.4, -0.2) is 68.9 Å². The van der Waals surface area contributed by atoms with Gasteiger partial charge in [0.05, 0.1) is 19.8 Å². The van der Waals surface area contributed by atoms with Crippen molar-refractivity contribution in [3.05, 3.63) is 48.3 Å². The van der Waals surface area contributed by atoms with Crippen molar-refractivity contribution in [2.24, 2.45) is 0 Å². The molecule has 2 aromatic rings. The number of benzene rings is 1. The molecule has 27 heavy (non-hydrogen) atoms. The highest BCUT2D eigenvalue weighted by Gasteiger charge is 2.32. The number of nitrogens with zero attached hydrogens (tertiary/aromatic N) is 3. The van der Waals surface area contributed by atoms with Crippen molar-refractivity contribution in [1.82, 2.24) is 14.2 Å². The molecule has 144 valence electrons. The molecule has 0 saturated carbocycles. The van der Waals surface area contributed by atoms with Gasteiger partial charge in [0.1, 0.15) is 16.4 Å². The van der Waals surface area contributed by atoms with E-state index in [-0.39, 0.29) is 29.6 Å². The van der Waals surface area contributed by atoms with E-state index >= 15 is 0 Å². The topological polar surface area (TPSA) is 89.0 Å². The lowest BCUT2D eigenvalue weighted by Crippen LogP contribution is -2.50. The lowest BCUT2D eigenvalue weighted by molar-refractivity contribution is 0.0697. The Morgan fingerprint density at radius 3 is 2.41 bits per heavy atom. The van der Waals surface area contributed by atoms with Crippen LogP contribution in [0.2, 0.25) is 0 Å². The first kappa shape index (κ1) is 19.1. The summed E-state index contributed by atoms with van der Waals surface area (Å²) in [5.41, 5.74) is 0.489. The van der Waals surface area contributed by atoms with Crippen LogP contribution in [0.3, 0.4) is 0 Å². The maximum absolute atomic E-state index is 13.1. The van der Waals surface area contributed by atoms with Gasteiger partial charge in [-0.25, -0.2) is 8.42 Å². The van der Waals surface area contributed by atoms with Gasteiger partial charge in [0, 0.05) is 44.6 Å². The van der Waals surface area contributed by atoms with Gasteiger partial charge < -0.3 is 14.4 Å². The third kappa shape index (κ3) is 3.88. The number of ether oxygens (including phenoxy) is 2. The molecule has 0 unspecified atom stereocenters. The van der Waals surface area contributed by atoms with Crippen molar-refractivity contribution >= 4 is 15.9 Å². The fraction of sp³-hybridized carbons (Fsp3) is 0.333. The molecule has 3 rings (SSSR count). The molecule has 0 atom stereocenters. The summed E-state index contributed by atoms with van der Waals surface area (Å²) in [6.45, 7) is 1.02. The molecule has 1 aromatic carbocycles. The second kappa shape index (κ2) is 7.93. The molecule has 1 aliphatic rings. The number of pyridine rings is 1. The van der Waals surface area contributed by atoms with Crippen LogP contribution in [0.15, 0.2) is 47.6 Å². The molecule has 0 radical (unpaired) electrons. The molecule has 1 aromatic heterocycles. The molecular weight excluding hydrogens is 370 g/mol. The van der Waals surface area contributed by atoms with Crippen LogP contribution < -0.4 is 9.47 Å². The van der Waals surface area contributed by atoms with Crippen molar-refractivity contribution in [2.45, 2.75) is 4.90 Å². The van der Waals surface area contributed by atoms with Crippen LogP contribution in [-0.2, 0) is 10.0 Å². The van der Waals surface area contributed by atoms with Gasteiger partial charge in [-0.3, -0.25) is 9.78 Å². The van der Waals surface area contributed by atoms with E-state index in [4.69, 9.17) is 9.47 Å². The highest BCUT2D eigenvalue weighted by atomic mass is 32.2. The van der Waals surface area contributed by atoms with Crippen LogP contribution in [0.1, 0.15) is 10.4 Å². The minimum absolute atomic E-state index is 0.0522. The maximum Gasteiger partial charge on any atom is 0.255 e. The number of amides is 1. The molecular formula is C18H21N3O5S. The predicted molar refractivity (Wildman–Crippen MR) is 98.4 cm³/mol. The number of hydrogen-bond donors (Lipinski definition) is 0. The fourth-order valence-electron chi connectivity index (χ4n) is 2.93. The lowest BCUT2D eigenvalue weighted by atomic mass is 10.2. The van der Waals surface area contributed by atoms with E-state index < -0.39 is 10.0 Å². The van der Waals surface area contributed by atoms with Crippen LogP contribution in [0.4, 0.5) is 0 Å². The van der Waals surface area contributed by atoms with Crippen LogP contribution >= 0.6 is 0 Å². The summed E-state index contributed by atoms with van der Waals surface area (Å²) in [6, 6.07) is 8.04. The summed E-state index contributed by atoms with van der Waals surface area (Å²) < 4.78 is 37.8. The average molecular weight is 391 g/mol.